The van der Waals surface area contributed by atoms with Gasteiger partial charge in [-0.05, 0) is 73.2 Å². The van der Waals surface area contributed by atoms with Crippen molar-refractivity contribution in [3.8, 4) is 11.1 Å². The van der Waals surface area contributed by atoms with Crippen LogP contribution in [-0.4, -0.2) is 29.0 Å². The Morgan fingerprint density at radius 3 is 2.25 bits per heavy atom. The number of benzene rings is 2. The minimum Gasteiger partial charge on any atom is -0.381 e. The van der Waals surface area contributed by atoms with Crippen LogP contribution >= 0.6 is 0 Å². The molecule has 1 heterocycles. The van der Waals surface area contributed by atoms with Crippen molar-refractivity contribution in [2.45, 2.75) is 37.8 Å². The van der Waals surface area contributed by atoms with Gasteiger partial charge in [-0.15, -0.1) is 0 Å². The summed E-state index contributed by atoms with van der Waals surface area (Å²) in [6.45, 7) is 4.21. The molecule has 1 saturated carbocycles. The molecule has 1 aliphatic rings. The second-order valence-electron chi connectivity index (χ2n) is 8.31. The van der Waals surface area contributed by atoms with Gasteiger partial charge in [0.2, 0.25) is 0 Å². The standard InChI is InChI=1S/C26H28F2N4/c1-18(30-23-7-5-19(6-8-23)20-14-21(27)16-22(28)15-20)32(2)26-11-9-24(10-12-26)31-25-4-3-13-29-17-25/h3-8,13-17,24,26,30-31H,1,9-12H2,2H3. The van der Waals surface area contributed by atoms with Crippen molar-refractivity contribution in [1.82, 2.24) is 9.88 Å². The zero-order chi connectivity index (χ0) is 22.5. The summed E-state index contributed by atoms with van der Waals surface area (Å²) >= 11 is 0. The maximum atomic E-state index is 13.5. The van der Waals surface area contributed by atoms with Crippen molar-refractivity contribution < 1.29 is 8.78 Å². The summed E-state index contributed by atoms with van der Waals surface area (Å²) in [5.74, 6) is -0.330. The Labute approximate surface area is 188 Å². The van der Waals surface area contributed by atoms with Gasteiger partial charge in [-0.1, -0.05) is 18.7 Å². The maximum Gasteiger partial charge on any atom is 0.126 e. The molecule has 4 rings (SSSR count). The zero-order valence-electron chi connectivity index (χ0n) is 18.2. The molecule has 0 aliphatic heterocycles. The van der Waals surface area contributed by atoms with Gasteiger partial charge in [-0.3, -0.25) is 4.98 Å². The van der Waals surface area contributed by atoms with Gasteiger partial charge in [0.1, 0.15) is 11.6 Å². The first-order valence-corrected chi connectivity index (χ1v) is 10.9. The first-order chi connectivity index (χ1) is 15.5. The van der Waals surface area contributed by atoms with Crippen LogP contribution in [0.25, 0.3) is 11.1 Å². The van der Waals surface area contributed by atoms with Crippen molar-refractivity contribution in [1.29, 1.82) is 0 Å². The summed E-state index contributed by atoms with van der Waals surface area (Å²) < 4.78 is 27.0. The molecule has 6 heteroatoms. The Morgan fingerprint density at radius 2 is 1.62 bits per heavy atom. The molecule has 1 fully saturated rings. The van der Waals surface area contributed by atoms with Crippen molar-refractivity contribution in [3.63, 3.8) is 0 Å². The second kappa shape index (κ2) is 9.81. The molecule has 0 amide bonds. The molecule has 2 N–H and O–H groups in total. The minimum absolute atomic E-state index is 0.427. The summed E-state index contributed by atoms with van der Waals surface area (Å²) in [4.78, 5) is 6.37. The van der Waals surface area contributed by atoms with E-state index in [0.29, 0.717) is 17.6 Å². The molecule has 4 nitrogen and oxygen atoms in total. The summed E-state index contributed by atoms with van der Waals surface area (Å²) in [5, 5.41) is 6.92. The molecule has 1 aromatic heterocycles. The van der Waals surface area contributed by atoms with Crippen LogP contribution in [0.15, 0.2) is 79.4 Å². The van der Waals surface area contributed by atoms with Crippen molar-refractivity contribution in [3.05, 3.63) is 91.0 Å². The van der Waals surface area contributed by atoms with E-state index >= 15 is 0 Å². The fourth-order valence-electron chi connectivity index (χ4n) is 4.23. The second-order valence-corrected chi connectivity index (χ2v) is 8.31. The summed E-state index contributed by atoms with van der Waals surface area (Å²) in [6.07, 6.45) is 8.00. The molecule has 0 spiro atoms. The highest BCUT2D eigenvalue weighted by Crippen LogP contribution is 2.28. The van der Waals surface area contributed by atoms with Crippen LogP contribution in [0.1, 0.15) is 25.7 Å². The lowest BCUT2D eigenvalue weighted by molar-refractivity contribution is 0.231. The zero-order valence-corrected chi connectivity index (χ0v) is 18.2. The van der Waals surface area contributed by atoms with E-state index in [9.17, 15) is 8.78 Å². The number of hydrogen-bond acceptors (Lipinski definition) is 4. The molecular weight excluding hydrogens is 406 g/mol. The summed E-state index contributed by atoms with van der Waals surface area (Å²) in [5.41, 5.74) is 3.23. The molecule has 0 saturated heterocycles. The minimum atomic E-state index is -0.581. The Hall–Kier alpha value is -3.41. The van der Waals surface area contributed by atoms with Crippen molar-refractivity contribution >= 4 is 11.4 Å². The largest absolute Gasteiger partial charge is 0.381 e. The van der Waals surface area contributed by atoms with E-state index < -0.39 is 11.6 Å². The lowest BCUT2D eigenvalue weighted by Crippen LogP contribution is -2.39. The van der Waals surface area contributed by atoms with E-state index in [-0.39, 0.29) is 0 Å². The van der Waals surface area contributed by atoms with E-state index in [1.54, 1.807) is 6.20 Å². The van der Waals surface area contributed by atoms with Crippen LogP contribution in [-0.2, 0) is 0 Å². The molecule has 1 aliphatic carbocycles. The van der Waals surface area contributed by atoms with Crippen LogP contribution in [0.3, 0.4) is 0 Å². The Morgan fingerprint density at radius 1 is 0.938 bits per heavy atom. The molecule has 0 unspecified atom stereocenters. The van der Waals surface area contributed by atoms with Crippen LogP contribution in [0.5, 0.6) is 0 Å². The van der Waals surface area contributed by atoms with Crippen LogP contribution in [0, 0.1) is 11.6 Å². The third kappa shape index (κ3) is 5.44. The molecule has 166 valence electrons. The van der Waals surface area contributed by atoms with Crippen molar-refractivity contribution in [2.24, 2.45) is 0 Å². The number of nitrogens with zero attached hydrogens (tertiary/aromatic N) is 2. The van der Waals surface area contributed by atoms with Gasteiger partial charge in [0.25, 0.3) is 0 Å². The fraction of sp³-hybridized carbons (Fsp3) is 0.269. The van der Waals surface area contributed by atoms with E-state index in [2.05, 4.69) is 34.1 Å². The van der Waals surface area contributed by atoms with Crippen LogP contribution in [0.2, 0.25) is 0 Å². The monoisotopic (exact) mass is 434 g/mol. The molecule has 32 heavy (non-hydrogen) atoms. The van der Waals surface area contributed by atoms with Gasteiger partial charge < -0.3 is 15.5 Å². The predicted molar refractivity (Wildman–Crippen MR) is 126 cm³/mol. The Bertz CT molecular complexity index is 1020. The first-order valence-electron chi connectivity index (χ1n) is 10.9. The highest BCUT2D eigenvalue weighted by atomic mass is 19.1. The number of pyridine rings is 1. The molecular formula is C26H28F2N4. The van der Waals surface area contributed by atoms with E-state index in [1.165, 1.54) is 12.1 Å². The lowest BCUT2D eigenvalue weighted by atomic mass is 9.90. The number of aromatic nitrogens is 1. The smallest absolute Gasteiger partial charge is 0.126 e. The van der Waals surface area contributed by atoms with E-state index in [4.69, 9.17) is 0 Å². The van der Waals surface area contributed by atoms with Crippen molar-refractivity contribution in [2.75, 3.05) is 17.7 Å². The molecule has 0 atom stereocenters. The fourth-order valence-corrected chi connectivity index (χ4v) is 4.23. The maximum absolute atomic E-state index is 13.5. The first kappa shape index (κ1) is 21.8. The number of nitrogens with one attached hydrogen (secondary N) is 2. The number of rotatable bonds is 7. The predicted octanol–water partition coefficient (Wildman–Crippen LogP) is 6.27. The normalized spacial score (nSPS) is 18.1. The Kier molecular flexibility index (Phi) is 6.69. The quantitative estimate of drug-likeness (QED) is 0.460. The van der Waals surface area contributed by atoms with Gasteiger partial charge in [0, 0.05) is 43.3 Å². The van der Waals surface area contributed by atoms with Gasteiger partial charge >= 0.3 is 0 Å². The third-order valence-corrected chi connectivity index (χ3v) is 6.07. The van der Waals surface area contributed by atoms with Gasteiger partial charge in [0.05, 0.1) is 11.5 Å². The van der Waals surface area contributed by atoms with Gasteiger partial charge in [-0.2, -0.15) is 0 Å². The highest BCUT2D eigenvalue weighted by molar-refractivity contribution is 5.66. The number of anilines is 2. The van der Waals surface area contributed by atoms with Gasteiger partial charge in [-0.25, -0.2) is 8.78 Å². The lowest BCUT2D eigenvalue weighted by Gasteiger charge is -2.37. The molecule has 0 radical (unpaired) electrons. The Balaban J connectivity index is 1.30. The average Bonchev–Trinajstić information content (AvgIpc) is 2.79. The topological polar surface area (TPSA) is 40.2 Å². The summed E-state index contributed by atoms with van der Waals surface area (Å²) in [6, 6.07) is 15.9. The third-order valence-electron chi connectivity index (χ3n) is 6.07. The van der Waals surface area contributed by atoms with Gasteiger partial charge in [0.15, 0.2) is 0 Å². The number of halogens is 2. The molecule has 3 aromatic rings. The number of hydrogen-bond donors (Lipinski definition) is 2. The van der Waals surface area contributed by atoms with E-state index in [0.717, 1.165) is 54.5 Å². The van der Waals surface area contributed by atoms with E-state index in [1.807, 2.05) is 42.6 Å². The molecule has 0 bridgehead atoms. The van der Waals surface area contributed by atoms with Crippen LogP contribution < -0.4 is 10.6 Å². The SMILES string of the molecule is C=C(Nc1ccc(-c2cc(F)cc(F)c2)cc1)N(C)C1CCC(Nc2cccnc2)CC1. The van der Waals surface area contributed by atoms with Crippen LogP contribution in [0.4, 0.5) is 20.2 Å². The molecule has 2 aromatic carbocycles. The summed E-state index contributed by atoms with van der Waals surface area (Å²) in [7, 11) is 2.07. The average molecular weight is 435 g/mol. The highest BCUT2D eigenvalue weighted by Gasteiger charge is 2.24.